The minimum absolute atomic E-state index is 0.0358. The molecular weight excluding hydrogens is 320 g/mol. The molecule has 132 valence electrons. The largest absolute Gasteiger partial charge is 0.325 e. The van der Waals surface area contributed by atoms with Crippen LogP contribution in [0, 0.1) is 5.92 Å². The highest BCUT2D eigenvalue weighted by Crippen LogP contribution is 2.19. The van der Waals surface area contributed by atoms with Crippen molar-refractivity contribution in [2.75, 3.05) is 5.32 Å². The molecule has 0 bridgehead atoms. The number of pyridine rings is 1. The number of amides is 1. The fourth-order valence-electron chi connectivity index (χ4n) is 3.09. The molecule has 0 unspecified atom stereocenters. The van der Waals surface area contributed by atoms with Crippen LogP contribution in [0.5, 0.6) is 0 Å². The number of aryl methyl sites for hydroxylation is 2. The number of carbonyl (C=O) groups excluding carboxylic acids is 2. The van der Waals surface area contributed by atoms with E-state index in [2.05, 4.69) is 29.2 Å². The summed E-state index contributed by atoms with van der Waals surface area (Å²) in [4.78, 5) is 39.4. The predicted octanol–water partition coefficient (Wildman–Crippen LogP) is 2.08. The molecule has 0 atom stereocenters. The van der Waals surface area contributed by atoms with Gasteiger partial charge in [-0.15, -0.1) is 0 Å². The topological polar surface area (TPSA) is 96.9 Å². The number of rotatable bonds is 4. The lowest BCUT2D eigenvalue weighted by Gasteiger charge is -2.15. The van der Waals surface area contributed by atoms with Gasteiger partial charge in [0, 0.05) is 30.8 Å². The predicted molar refractivity (Wildman–Crippen MR) is 94.0 cm³/mol. The van der Waals surface area contributed by atoms with Gasteiger partial charge in [-0.3, -0.25) is 19.1 Å². The first-order chi connectivity index (χ1) is 11.8. The number of H-pyrrole nitrogens is 1. The normalized spacial score (nSPS) is 13.8. The molecule has 7 nitrogen and oxygen atoms in total. The highest BCUT2D eigenvalue weighted by atomic mass is 16.2. The van der Waals surface area contributed by atoms with E-state index in [-0.39, 0.29) is 11.3 Å². The van der Waals surface area contributed by atoms with Crippen molar-refractivity contribution in [1.29, 1.82) is 0 Å². The first-order valence-electron chi connectivity index (χ1n) is 8.49. The number of nitrogens with one attached hydrogen (secondary N) is 2. The number of aromatic amines is 1. The molecule has 1 amide bonds. The molecule has 0 saturated heterocycles. The molecule has 0 aromatic carbocycles. The summed E-state index contributed by atoms with van der Waals surface area (Å²) in [6.45, 7) is 4.19. The summed E-state index contributed by atoms with van der Waals surface area (Å²) in [5.74, 6) is 0.393. The molecule has 2 aromatic heterocycles. The fourth-order valence-corrected chi connectivity index (χ4v) is 3.09. The highest BCUT2D eigenvalue weighted by Gasteiger charge is 2.22. The Morgan fingerprint density at radius 2 is 2.08 bits per heavy atom. The van der Waals surface area contributed by atoms with E-state index in [1.807, 2.05) is 0 Å². The van der Waals surface area contributed by atoms with Gasteiger partial charge < -0.3 is 10.3 Å². The maximum absolute atomic E-state index is 12.5. The zero-order chi connectivity index (χ0) is 18.1. The van der Waals surface area contributed by atoms with Crippen LogP contribution in [0.3, 0.4) is 0 Å². The molecular formula is C18H22N4O3. The Morgan fingerprint density at radius 3 is 2.80 bits per heavy atom. The number of ketones is 1. The fraction of sp³-hybridized carbons (Fsp3) is 0.444. The second-order valence-corrected chi connectivity index (χ2v) is 6.88. The van der Waals surface area contributed by atoms with Crippen molar-refractivity contribution in [1.82, 2.24) is 14.8 Å². The van der Waals surface area contributed by atoms with E-state index >= 15 is 0 Å². The summed E-state index contributed by atoms with van der Waals surface area (Å²) in [7, 11) is 1.74. The Labute approximate surface area is 145 Å². The third kappa shape index (κ3) is 3.55. The van der Waals surface area contributed by atoms with Gasteiger partial charge in [0.15, 0.2) is 5.78 Å². The molecule has 25 heavy (non-hydrogen) atoms. The monoisotopic (exact) mass is 342 g/mol. The molecule has 1 aliphatic carbocycles. The van der Waals surface area contributed by atoms with Crippen LogP contribution in [-0.4, -0.2) is 26.5 Å². The van der Waals surface area contributed by atoms with E-state index in [4.69, 9.17) is 0 Å². The maximum Gasteiger partial charge on any atom is 0.262 e. The van der Waals surface area contributed by atoms with Crippen molar-refractivity contribution in [2.24, 2.45) is 13.0 Å². The zero-order valence-corrected chi connectivity index (χ0v) is 14.7. The van der Waals surface area contributed by atoms with Crippen molar-refractivity contribution < 1.29 is 9.59 Å². The van der Waals surface area contributed by atoms with Crippen LogP contribution in [0.25, 0.3) is 0 Å². The second kappa shape index (κ2) is 6.66. The molecule has 0 spiro atoms. The molecule has 2 N–H and O–H groups in total. The van der Waals surface area contributed by atoms with Gasteiger partial charge in [0.2, 0.25) is 0 Å². The maximum atomic E-state index is 12.5. The molecule has 0 fully saturated rings. The van der Waals surface area contributed by atoms with Crippen LogP contribution in [0.4, 0.5) is 5.82 Å². The molecule has 0 saturated carbocycles. The molecule has 2 heterocycles. The Kier molecular flexibility index (Phi) is 4.57. The van der Waals surface area contributed by atoms with Crippen molar-refractivity contribution in [3.05, 3.63) is 45.0 Å². The Hall–Kier alpha value is -2.70. The minimum atomic E-state index is -0.540. The lowest BCUT2D eigenvalue weighted by molar-refractivity contribution is 0.0971. The first-order valence-corrected chi connectivity index (χ1v) is 8.49. The van der Waals surface area contributed by atoms with E-state index in [9.17, 15) is 14.4 Å². The van der Waals surface area contributed by atoms with Gasteiger partial charge in [-0.2, -0.15) is 5.10 Å². The van der Waals surface area contributed by atoms with Crippen LogP contribution in [0.1, 0.15) is 58.8 Å². The molecule has 7 heteroatoms. The Balaban J connectivity index is 1.87. The summed E-state index contributed by atoms with van der Waals surface area (Å²) in [6, 6.07) is 3.21. The van der Waals surface area contributed by atoms with E-state index in [0.29, 0.717) is 35.8 Å². The number of carbonyl (C=O) groups is 2. The molecule has 2 aromatic rings. The summed E-state index contributed by atoms with van der Waals surface area (Å²) in [5, 5.41) is 7.08. The number of anilines is 1. The first kappa shape index (κ1) is 17.1. The lowest BCUT2D eigenvalue weighted by Crippen LogP contribution is -2.28. The highest BCUT2D eigenvalue weighted by molar-refractivity contribution is 6.06. The Morgan fingerprint density at radius 1 is 1.32 bits per heavy atom. The summed E-state index contributed by atoms with van der Waals surface area (Å²) >= 11 is 0. The van der Waals surface area contributed by atoms with E-state index in [1.165, 1.54) is 6.07 Å². The average Bonchev–Trinajstić information content (AvgIpc) is 2.85. The van der Waals surface area contributed by atoms with Crippen LogP contribution in [0.2, 0.25) is 0 Å². The Bertz CT molecular complexity index is 892. The molecule has 0 radical (unpaired) electrons. The van der Waals surface area contributed by atoms with Crippen molar-refractivity contribution in [2.45, 2.75) is 39.5 Å². The SMILES string of the molecule is CC(C)Cc1cc(NC(=O)c2cc3c([nH]c2=O)CCCC3=O)n(C)n1. The second-order valence-electron chi connectivity index (χ2n) is 6.88. The van der Waals surface area contributed by atoms with E-state index in [0.717, 1.165) is 18.5 Å². The van der Waals surface area contributed by atoms with Gasteiger partial charge >= 0.3 is 0 Å². The van der Waals surface area contributed by atoms with Crippen LogP contribution in [0.15, 0.2) is 16.9 Å². The van der Waals surface area contributed by atoms with Gasteiger partial charge in [0.25, 0.3) is 11.5 Å². The molecule has 3 rings (SSSR count). The average molecular weight is 342 g/mol. The van der Waals surface area contributed by atoms with Crippen molar-refractivity contribution in [3.8, 4) is 0 Å². The number of nitrogens with zero attached hydrogens (tertiary/aromatic N) is 2. The molecule has 0 aliphatic heterocycles. The minimum Gasteiger partial charge on any atom is -0.325 e. The third-order valence-electron chi connectivity index (χ3n) is 4.29. The van der Waals surface area contributed by atoms with Crippen LogP contribution >= 0.6 is 0 Å². The van der Waals surface area contributed by atoms with Crippen molar-refractivity contribution in [3.63, 3.8) is 0 Å². The number of aromatic nitrogens is 3. The van der Waals surface area contributed by atoms with E-state index in [1.54, 1.807) is 17.8 Å². The number of fused-ring (bicyclic) bond motifs is 1. The summed E-state index contributed by atoms with van der Waals surface area (Å²) < 4.78 is 1.58. The van der Waals surface area contributed by atoms with Gasteiger partial charge in [-0.1, -0.05) is 13.8 Å². The zero-order valence-electron chi connectivity index (χ0n) is 14.7. The summed E-state index contributed by atoms with van der Waals surface area (Å²) in [5.41, 5.74) is 1.41. The van der Waals surface area contributed by atoms with E-state index < -0.39 is 11.5 Å². The summed E-state index contributed by atoms with van der Waals surface area (Å²) in [6.07, 6.45) is 2.62. The number of Topliss-reactive ketones (excluding diaryl/α,β-unsaturated/α-hetero) is 1. The van der Waals surface area contributed by atoms with Gasteiger partial charge in [-0.25, -0.2) is 0 Å². The smallest absolute Gasteiger partial charge is 0.262 e. The van der Waals surface area contributed by atoms with Gasteiger partial charge in [0.05, 0.1) is 5.69 Å². The quantitative estimate of drug-likeness (QED) is 0.889. The van der Waals surface area contributed by atoms with Crippen LogP contribution in [-0.2, 0) is 19.9 Å². The standard InChI is InChI=1S/C18H22N4O3/c1-10(2)7-11-8-16(22(3)21-11)20-18(25)13-9-12-14(19-17(13)24)5-4-6-15(12)23/h8-10H,4-7H2,1-3H3,(H,19,24)(H,20,25). The van der Waals surface area contributed by atoms with Gasteiger partial charge in [-0.05, 0) is 31.2 Å². The lowest BCUT2D eigenvalue weighted by atomic mass is 9.93. The van der Waals surface area contributed by atoms with Crippen molar-refractivity contribution >= 4 is 17.5 Å². The number of hydrogen-bond donors (Lipinski definition) is 2. The number of hydrogen-bond acceptors (Lipinski definition) is 4. The van der Waals surface area contributed by atoms with Crippen LogP contribution < -0.4 is 10.9 Å². The van der Waals surface area contributed by atoms with Gasteiger partial charge in [0.1, 0.15) is 11.4 Å². The third-order valence-corrected chi connectivity index (χ3v) is 4.29. The molecule has 1 aliphatic rings.